The lowest BCUT2D eigenvalue weighted by Crippen LogP contribution is -2.35. The predicted octanol–water partition coefficient (Wildman–Crippen LogP) is 1.22. The van der Waals surface area contributed by atoms with Crippen LogP contribution >= 0.6 is 0 Å². The van der Waals surface area contributed by atoms with E-state index in [4.69, 9.17) is 4.74 Å². The van der Waals surface area contributed by atoms with Gasteiger partial charge < -0.3 is 15.4 Å². The number of carbonyl (C=O) groups excluding carboxylic acids is 3. The fourth-order valence-electron chi connectivity index (χ4n) is 1.90. The number of carbonyl (C=O) groups is 3. The van der Waals surface area contributed by atoms with Gasteiger partial charge in [-0.25, -0.2) is 8.78 Å². The molecule has 1 aliphatic carbocycles. The highest BCUT2D eigenvalue weighted by molar-refractivity contribution is 5.94. The fraction of sp³-hybridized carbons (Fsp3) is 0.400. The number of ether oxygens (including phenoxy) is 1. The largest absolute Gasteiger partial charge is 0.455 e. The van der Waals surface area contributed by atoms with Crippen LogP contribution in [0, 0.1) is 23.5 Å². The molecular weight excluding hydrogens is 310 g/mol. The zero-order valence-electron chi connectivity index (χ0n) is 12.4. The summed E-state index contributed by atoms with van der Waals surface area (Å²) in [6, 6.07) is 2.90. The molecular formula is C15H16F2N2O4. The second-order valence-electron chi connectivity index (χ2n) is 5.38. The van der Waals surface area contributed by atoms with Gasteiger partial charge in [-0.3, -0.25) is 14.4 Å². The molecule has 0 bridgehead atoms. The molecule has 0 radical (unpaired) electrons. The normalized spacial score (nSPS) is 18.9. The van der Waals surface area contributed by atoms with Gasteiger partial charge in [0.2, 0.25) is 5.91 Å². The highest BCUT2D eigenvalue weighted by Crippen LogP contribution is 2.38. The lowest BCUT2D eigenvalue weighted by molar-refractivity contribution is -0.150. The first kappa shape index (κ1) is 16.9. The number of benzene rings is 1. The Bertz CT molecular complexity index is 636. The van der Waals surface area contributed by atoms with Crippen LogP contribution in [0.25, 0.3) is 0 Å². The second kappa shape index (κ2) is 7.17. The molecule has 0 saturated heterocycles. The maximum Gasteiger partial charge on any atom is 0.309 e. The van der Waals surface area contributed by atoms with E-state index in [1.807, 2.05) is 6.92 Å². The molecule has 0 spiro atoms. The number of esters is 1. The Labute approximate surface area is 131 Å². The molecule has 2 rings (SSSR count). The van der Waals surface area contributed by atoms with E-state index in [1.54, 1.807) is 0 Å². The van der Waals surface area contributed by atoms with Crippen molar-refractivity contribution < 1.29 is 27.9 Å². The average molecular weight is 326 g/mol. The van der Waals surface area contributed by atoms with Crippen LogP contribution in [0.15, 0.2) is 18.2 Å². The molecule has 1 fully saturated rings. The monoisotopic (exact) mass is 326 g/mol. The smallest absolute Gasteiger partial charge is 0.309 e. The Kier molecular flexibility index (Phi) is 5.25. The molecule has 8 heteroatoms. The molecule has 0 unspecified atom stereocenters. The number of anilines is 1. The molecule has 2 N–H and O–H groups in total. The van der Waals surface area contributed by atoms with E-state index >= 15 is 0 Å². The Balaban J connectivity index is 1.68. The number of halogens is 2. The van der Waals surface area contributed by atoms with E-state index in [9.17, 15) is 23.2 Å². The topological polar surface area (TPSA) is 84.5 Å². The molecule has 0 aromatic heterocycles. The molecule has 1 aromatic carbocycles. The lowest BCUT2D eigenvalue weighted by Gasteiger charge is -2.08. The molecule has 6 nitrogen and oxygen atoms in total. The van der Waals surface area contributed by atoms with Gasteiger partial charge in [0.1, 0.15) is 0 Å². The van der Waals surface area contributed by atoms with E-state index < -0.39 is 36.0 Å². The summed E-state index contributed by atoms with van der Waals surface area (Å²) in [5.74, 6) is -3.62. The zero-order valence-corrected chi connectivity index (χ0v) is 12.4. The summed E-state index contributed by atoms with van der Waals surface area (Å²) in [5.41, 5.74) is 0.0669. The van der Waals surface area contributed by atoms with Crippen molar-refractivity contribution in [2.24, 2.45) is 11.8 Å². The fourth-order valence-corrected chi connectivity index (χ4v) is 1.90. The van der Waals surface area contributed by atoms with Crippen molar-refractivity contribution >= 4 is 23.5 Å². The number of amides is 2. The second-order valence-corrected chi connectivity index (χ2v) is 5.38. The Morgan fingerprint density at radius 3 is 2.52 bits per heavy atom. The Hall–Kier alpha value is -2.51. The maximum atomic E-state index is 13.0. The van der Waals surface area contributed by atoms with Crippen LogP contribution in [-0.4, -0.2) is 30.9 Å². The first-order valence-electron chi connectivity index (χ1n) is 7.05. The van der Waals surface area contributed by atoms with Crippen molar-refractivity contribution in [1.82, 2.24) is 5.32 Å². The van der Waals surface area contributed by atoms with E-state index in [1.165, 1.54) is 6.07 Å². The molecule has 1 saturated carbocycles. The Morgan fingerprint density at radius 1 is 1.22 bits per heavy atom. The minimum atomic E-state index is -1.09. The summed E-state index contributed by atoms with van der Waals surface area (Å²) in [7, 11) is 0. The molecule has 23 heavy (non-hydrogen) atoms. The quantitative estimate of drug-likeness (QED) is 0.770. The Morgan fingerprint density at radius 2 is 1.91 bits per heavy atom. The van der Waals surface area contributed by atoms with E-state index in [0.717, 1.165) is 18.6 Å². The highest BCUT2D eigenvalue weighted by atomic mass is 19.2. The van der Waals surface area contributed by atoms with Gasteiger partial charge in [0.05, 0.1) is 12.5 Å². The summed E-state index contributed by atoms with van der Waals surface area (Å²) < 4.78 is 30.5. The first-order valence-corrected chi connectivity index (χ1v) is 7.05. The third-order valence-corrected chi connectivity index (χ3v) is 3.41. The van der Waals surface area contributed by atoms with E-state index in [0.29, 0.717) is 0 Å². The van der Waals surface area contributed by atoms with E-state index in [-0.39, 0.29) is 24.1 Å². The van der Waals surface area contributed by atoms with Crippen LogP contribution in [0.1, 0.15) is 13.3 Å². The molecule has 1 aromatic rings. The summed E-state index contributed by atoms with van der Waals surface area (Å²) >= 11 is 0. The van der Waals surface area contributed by atoms with Crippen molar-refractivity contribution in [3.63, 3.8) is 0 Å². The molecule has 2 atom stereocenters. The minimum absolute atomic E-state index is 0.0669. The summed E-state index contributed by atoms with van der Waals surface area (Å²) in [5, 5.41) is 4.55. The van der Waals surface area contributed by atoms with Crippen LogP contribution in [0.5, 0.6) is 0 Å². The SMILES string of the molecule is C[C@@H]1C[C@@H]1C(=O)OCC(=O)NCC(=O)Nc1ccc(F)c(F)c1. The summed E-state index contributed by atoms with van der Waals surface area (Å²) in [4.78, 5) is 34.4. The first-order chi connectivity index (χ1) is 10.9. The van der Waals surface area contributed by atoms with Gasteiger partial charge in [-0.05, 0) is 24.5 Å². The van der Waals surface area contributed by atoms with Gasteiger partial charge in [-0.2, -0.15) is 0 Å². The molecule has 1 aliphatic rings. The van der Waals surface area contributed by atoms with Crippen molar-refractivity contribution in [1.29, 1.82) is 0 Å². The van der Waals surface area contributed by atoms with Gasteiger partial charge in [-0.15, -0.1) is 0 Å². The van der Waals surface area contributed by atoms with Crippen molar-refractivity contribution in [2.45, 2.75) is 13.3 Å². The van der Waals surface area contributed by atoms with Gasteiger partial charge in [0, 0.05) is 11.8 Å². The van der Waals surface area contributed by atoms with Crippen molar-refractivity contribution in [2.75, 3.05) is 18.5 Å². The lowest BCUT2D eigenvalue weighted by atomic mass is 10.3. The summed E-state index contributed by atoms with van der Waals surface area (Å²) in [6.07, 6.45) is 0.761. The zero-order chi connectivity index (χ0) is 17.0. The highest BCUT2D eigenvalue weighted by Gasteiger charge is 2.40. The van der Waals surface area contributed by atoms with Gasteiger partial charge in [-0.1, -0.05) is 6.92 Å². The summed E-state index contributed by atoms with van der Waals surface area (Å²) in [6.45, 7) is 1.07. The molecule has 0 heterocycles. The molecule has 2 amide bonds. The van der Waals surface area contributed by atoms with E-state index in [2.05, 4.69) is 10.6 Å². The number of hydrogen-bond acceptors (Lipinski definition) is 4. The van der Waals surface area contributed by atoms with Crippen LogP contribution < -0.4 is 10.6 Å². The predicted molar refractivity (Wildman–Crippen MR) is 76.2 cm³/mol. The van der Waals surface area contributed by atoms with Crippen molar-refractivity contribution in [3.05, 3.63) is 29.8 Å². The minimum Gasteiger partial charge on any atom is -0.455 e. The maximum absolute atomic E-state index is 13.0. The molecule has 124 valence electrons. The number of hydrogen-bond donors (Lipinski definition) is 2. The van der Waals surface area contributed by atoms with Gasteiger partial charge in [0.25, 0.3) is 5.91 Å². The van der Waals surface area contributed by atoms with Gasteiger partial charge >= 0.3 is 5.97 Å². The van der Waals surface area contributed by atoms with Crippen molar-refractivity contribution in [3.8, 4) is 0 Å². The molecule has 0 aliphatic heterocycles. The van der Waals surface area contributed by atoms with Crippen LogP contribution in [0.2, 0.25) is 0 Å². The standard InChI is InChI=1S/C15H16F2N2O4/c1-8-4-10(8)15(22)23-7-14(21)18-6-13(20)19-9-2-3-11(16)12(17)5-9/h2-3,5,8,10H,4,6-7H2,1H3,(H,18,21)(H,19,20)/t8-,10+/m1/s1. The third-order valence-electron chi connectivity index (χ3n) is 3.41. The van der Waals surface area contributed by atoms with Crippen LogP contribution in [0.3, 0.4) is 0 Å². The third kappa shape index (κ3) is 5.01. The number of rotatable bonds is 6. The average Bonchev–Trinajstić information content (AvgIpc) is 3.23. The number of nitrogens with one attached hydrogen (secondary N) is 2. The van der Waals surface area contributed by atoms with Crippen LogP contribution in [-0.2, 0) is 19.1 Å². The van der Waals surface area contributed by atoms with Crippen LogP contribution in [0.4, 0.5) is 14.5 Å². The van der Waals surface area contributed by atoms with Gasteiger partial charge in [0.15, 0.2) is 18.2 Å².